The molecule has 1 unspecified atom stereocenters. The number of para-hydroxylation sites is 1. The van der Waals surface area contributed by atoms with Gasteiger partial charge in [-0.2, -0.15) is 0 Å². The van der Waals surface area contributed by atoms with Gasteiger partial charge in [0.25, 0.3) is 0 Å². The second kappa shape index (κ2) is 8.82. The van der Waals surface area contributed by atoms with Crippen LogP contribution in [0.3, 0.4) is 0 Å². The highest BCUT2D eigenvalue weighted by Crippen LogP contribution is 2.29. The average molecular weight is 403 g/mol. The predicted octanol–water partition coefficient (Wildman–Crippen LogP) is 4.40. The van der Waals surface area contributed by atoms with Crippen LogP contribution >= 0.6 is 0 Å². The maximum absolute atomic E-state index is 12.4. The summed E-state index contributed by atoms with van der Waals surface area (Å²) in [5, 5.41) is 9.00. The number of carbonyl (C=O) groups excluding carboxylic acids is 1. The Labute approximate surface area is 175 Å². The van der Waals surface area contributed by atoms with Crippen molar-refractivity contribution >= 4 is 23.2 Å². The van der Waals surface area contributed by atoms with Crippen molar-refractivity contribution in [2.45, 2.75) is 20.3 Å². The fourth-order valence-electron chi connectivity index (χ4n) is 3.41. The normalized spacial score (nSPS) is 14.9. The predicted molar refractivity (Wildman–Crippen MR) is 118 cm³/mol. The lowest BCUT2D eigenvalue weighted by molar-refractivity contribution is 0.252. The zero-order valence-corrected chi connectivity index (χ0v) is 17.1. The number of carbonyl (C=O) groups is 1. The molecule has 1 aliphatic heterocycles. The molecule has 0 bridgehead atoms. The van der Waals surface area contributed by atoms with Crippen molar-refractivity contribution in [2.24, 2.45) is 5.92 Å². The summed E-state index contributed by atoms with van der Waals surface area (Å²) in [6, 6.07) is 13.7. The molecule has 7 nitrogen and oxygen atoms in total. The Bertz CT molecular complexity index is 1040. The number of ether oxygens (including phenoxy) is 1. The molecule has 3 N–H and O–H groups in total. The summed E-state index contributed by atoms with van der Waals surface area (Å²) in [7, 11) is 0. The second-order valence-corrected chi connectivity index (χ2v) is 7.54. The molecule has 30 heavy (non-hydrogen) atoms. The quantitative estimate of drug-likeness (QED) is 0.588. The number of nitrogens with one attached hydrogen (secondary N) is 3. The summed E-state index contributed by atoms with van der Waals surface area (Å²) in [6.07, 6.45) is 4.09. The average Bonchev–Trinajstić information content (AvgIpc) is 2.75. The molecule has 0 saturated carbocycles. The molecule has 2 heterocycles. The van der Waals surface area contributed by atoms with Crippen molar-refractivity contribution in [1.29, 1.82) is 0 Å². The number of urea groups is 1. The number of anilines is 3. The SMILES string of the molecule is Cc1ccc(NC(=O)Nc2cnc(C)cn2)c(OCC2CNc3ccccc3C2)c1. The number of aromatic nitrogens is 2. The standard InChI is InChI=1S/C23H25N5O2/c1-15-7-8-20(27-23(29)28-22-13-24-16(2)11-26-22)21(9-15)30-14-17-10-18-5-3-4-6-19(18)25-12-17/h3-9,11,13,17,25H,10,12,14H2,1-2H3,(H2,26,27,28,29). The van der Waals surface area contributed by atoms with Crippen LogP contribution in [-0.2, 0) is 6.42 Å². The van der Waals surface area contributed by atoms with E-state index in [1.54, 1.807) is 6.20 Å². The molecule has 0 spiro atoms. The third-order valence-electron chi connectivity index (χ3n) is 4.99. The molecule has 1 atom stereocenters. The maximum atomic E-state index is 12.4. The van der Waals surface area contributed by atoms with Crippen molar-refractivity contribution in [2.75, 3.05) is 29.1 Å². The molecule has 2 aromatic carbocycles. The number of nitrogens with zero attached hydrogens (tertiary/aromatic N) is 2. The summed E-state index contributed by atoms with van der Waals surface area (Å²) in [5.74, 6) is 1.39. The first-order valence-corrected chi connectivity index (χ1v) is 9.99. The minimum Gasteiger partial charge on any atom is -0.491 e. The van der Waals surface area contributed by atoms with Crippen LogP contribution in [0.5, 0.6) is 5.75 Å². The van der Waals surface area contributed by atoms with E-state index >= 15 is 0 Å². The molecule has 2 amide bonds. The van der Waals surface area contributed by atoms with Gasteiger partial charge in [-0.15, -0.1) is 0 Å². The van der Waals surface area contributed by atoms with E-state index in [-0.39, 0.29) is 0 Å². The van der Waals surface area contributed by atoms with Gasteiger partial charge in [0, 0.05) is 18.2 Å². The number of fused-ring (bicyclic) bond motifs is 1. The first-order chi connectivity index (χ1) is 14.6. The molecule has 1 aromatic heterocycles. The monoisotopic (exact) mass is 403 g/mol. The Morgan fingerprint density at radius 2 is 2.00 bits per heavy atom. The van der Waals surface area contributed by atoms with Crippen LogP contribution in [0.1, 0.15) is 16.8 Å². The number of benzene rings is 2. The lowest BCUT2D eigenvalue weighted by Crippen LogP contribution is -2.28. The smallest absolute Gasteiger partial charge is 0.324 e. The molecule has 154 valence electrons. The molecule has 0 saturated heterocycles. The minimum atomic E-state index is -0.393. The van der Waals surface area contributed by atoms with Crippen molar-refractivity contribution in [1.82, 2.24) is 9.97 Å². The van der Waals surface area contributed by atoms with Crippen LogP contribution < -0.4 is 20.7 Å². The van der Waals surface area contributed by atoms with E-state index in [4.69, 9.17) is 4.74 Å². The third-order valence-corrected chi connectivity index (χ3v) is 4.99. The van der Waals surface area contributed by atoms with Gasteiger partial charge in [-0.25, -0.2) is 9.78 Å². The van der Waals surface area contributed by atoms with E-state index in [1.165, 1.54) is 17.4 Å². The van der Waals surface area contributed by atoms with Gasteiger partial charge in [0.2, 0.25) is 0 Å². The summed E-state index contributed by atoms with van der Waals surface area (Å²) < 4.78 is 6.13. The molecular weight excluding hydrogens is 378 g/mol. The van der Waals surface area contributed by atoms with Gasteiger partial charge in [0.15, 0.2) is 5.82 Å². The molecular formula is C23H25N5O2. The van der Waals surface area contributed by atoms with E-state index in [0.29, 0.717) is 29.8 Å². The van der Waals surface area contributed by atoms with E-state index in [2.05, 4.69) is 44.1 Å². The number of hydrogen-bond donors (Lipinski definition) is 3. The van der Waals surface area contributed by atoms with Gasteiger partial charge >= 0.3 is 6.03 Å². The summed E-state index contributed by atoms with van der Waals surface area (Å²) in [5.41, 5.74) is 4.96. The number of amides is 2. The van der Waals surface area contributed by atoms with Crippen molar-refractivity contribution in [3.05, 3.63) is 71.7 Å². The van der Waals surface area contributed by atoms with Gasteiger partial charge in [-0.1, -0.05) is 24.3 Å². The largest absolute Gasteiger partial charge is 0.491 e. The van der Waals surface area contributed by atoms with E-state index < -0.39 is 6.03 Å². The first-order valence-electron chi connectivity index (χ1n) is 9.99. The lowest BCUT2D eigenvalue weighted by atomic mass is 9.95. The number of rotatable bonds is 5. The topological polar surface area (TPSA) is 88.2 Å². The molecule has 4 rings (SSSR count). The van der Waals surface area contributed by atoms with Gasteiger partial charge < -0.3 is 15.4 Å². The molecule has 0 aliphatic carbocycles. The first kappa shape index (κ1) is 19.7. The Morgan fingerprint density at radius 1 is 1.13 bits per heavy atom. The van der Waals surface area contributed by atoms with Crippen molar-refractivity contribution in [3.8, 4) is 5.75 Å². The van der Waals surface area contributed by atoms with Crippen LogP contribution in [-0.4, -0.2) is 29.2 Å². The van der Waals surface area contributed by atoms with Crippen LogP contribution in [0.4, 0.5) is 22.0 Å². The van der Waals surface area contributed by atoms with Crippen LogP contribution in [0, 0.1) is 19.8 Å². The van der Waals surface area contributed by atoms with Crippen LogP contribution in [0.2, 0.25) is 0 Å². The number of aryl methyl sites for hydroxylation is 2. The Balaban J connectivity index is 1.39. The number of hydrogen-bond acceptors (Lipinski definition) is 5. The van der Waals surface area contributed by atoms with Crippen molar-refractivity contribution in [3.63, 3.8) is 0 Å². The Morgan fingerprint density at radius 3 is 2.83 bits per heavy atom. The summed E-state index contributed by atoms with van der Waals surface area (Å²) in [6.45, 7) is 5.26. The zero-order chi connectivity index (χ0) is 20.9. The molecule has 7 heteroatoms. The molecule has 0 radical (unpaired) electrons. The fraction of sp³-hybridized carbons (Fsp3) is 0.261. The highest BCUT2D eigenvalue weighted by Gasteiger charge is 2.19. The molecule has 3 aromatic rings. The maximum Gasteiger partial charge on any atom is 0.324 e. The van der Waals surface area contributed by atoms with Crippen LogP contribution in [0.15, 0.2) is 54.9 Å². The third kappa shape index (κ3) is 4.86. The van der Waals surface area contributed by atoms with Gasteiger partial charge in [-0.05, 0) is 49.6 Å². The Kier molecular flexibility index (Phi) is 5.79. The minimum absolute atomic E-state index is 0.352. The molecule has 0 fully saturated rings. The highest BCUT2D eigenvalue weighted by atomic mass is 16.5. The Hall–Kier alpha value is -3.61. The van der Waals surface area contributed by atoms with Crippen molar-refractivity contribution < 1.29 is 9.53 Å². The summed E-state index contributed by atoms with van der Waals surface area (Å²) in [4.78, 5) is 20.7. The fourth-order valence-corrected chi connectivity index (χ4v) is 3.41. The van der Waals surface area contributed by atoms with E-state index in [0.717, 1.165) is 24.2 Å². The van der Waals surface area contributed by atoms with Gasteiger partial charge in [-0.3, -0.25) is 10.3 Å². The van der Waals surface area contributed by atoms with Gasteiger partial charge in [0.05, 0.1) is 30.4 Å². The summed E-state index contributed by atoms with van der Waals surface area (Å²) >= 11 is 0. The van der Waals surface area contributed by atoms with Crippen LogP contribution in [0.25, 0.3) is 0 Å². The van der Waals surface area contributed by atoms with Gasteiger partial charge in [0.1, 0.15) is 5.75 Å². The lowest BCUT2D eigenvalue weighted by Gasteiger charge is -2.26. The van der Waals surface area contributed by atoms with E-state index in [1.807, 2.05) is 38.1 Å². The molecule has 1 aliphatic rings. The highest BCUT2D eigenvalue weighted by molar-refractivity contribution is 6.00. The van der Waals surface area contributed by atoms with E-state index in [9.17, 15) is 4.79 Å². The second-order valence-electron chi connectivity index (χ2n) is 7.54. The zero-order valence-electron chi connectivity index (χ0n) is 17.1.